The molecule has 1 aromatic heterocycles. The summed E-state index contributed by atoms with van der Waals surface area (Å²) in [5.41, 5.74) is 2.72. The average molecular weight is 468 g/mol. The van der Waals surface area contributed by atoms with Gasteiger partial charge in [-0.05, 0) is 34.9 Å². The van der Waals surface area contributed by atoms with Gasteiger partial charge in [-0.1, -0.05) is 48.5 Å². The first-order chi connectivity index (χ1) is 15.9. The van der Waals surface area contributed by atoms with Gasteiger partial charge in [0, 0.05) is 24.6 Å². The van der Waals surface area contributed by atoms with E-state index in [1.54, 1.807) is 71.9 Å². The molecular weight excluding hydrogens is 442 g/mol. The highest BCUT2D eigenvalue weighted by molar-refractivity contribution is 7.91. The van der Waals surface area contributed by atoms with Crippen molar-refractivity contribution in [3.8, 4) is 0 Å². The zero-order valence-corrected chi connectivity index (χ0v) is 18.7. The van der Waals surface area contributed by atoms with Gasteiger partial charge in [0.25, 0.3) is 0 Å². The van der Waals surface area contributed by atoms with Crippen LogP contribution in [-0.2, 0) is 31.9 Å². The first-order valence-electron chi connectivity index (χ1n) is 10.5. The molecule has 2 unspecified atom stereocenters. The number of nitrogens with one attached hydrogen (secondary N) is 1. The van der Waals surface area contributed by atoms with Crippen LogP contribution in [0.4, 0.5) is 5.69 Å². The van der Waals surface area contributed by atoms with E-state index < -0.39 is 22.2 Å². The second kappa shape index (κ2) is 10.1. The Morgan fingerprint density at radius 1 is 1.03 bits per heavy atom. The van der Waals surface area contributed by atoms with Crippen LogP contribution in [0.25, 0.3) is 0 Å². The zero-order chi connectivity index (χ0) is 23.3. The third-order valence-electron chi connectivity index (χ3n) is 5.43. The van der Waals surface area contributed by atoms with E-state index in [2.05, 4.69) is 9.71 Å². The number of sulfonamides is 1. The van der Waals surface area contributed by atoms with Crippen molar-refractivity contribution in [1.29, 1.82) is 0 Å². The molecule has 3 aromatic rings. The van der Waals surface area contributed by atoms with Crippen LogP contribution >= 0.6 is 0 Å². The quantitative estimate of drug-likeness (QED) is 0.527. The number of amides is 1. The Balaban J connectivity index is 1.47. The van der Waals surface area contributed by atoms with Gasteiger partial charge in [0.15, 0.2) is 0 Å². The summed E-state index contributed by atoms with van der Waals surface area (Å²) in [4.78, 5) is 18.2. The highest BCUT2D eigenvalue weighted by Gasteiger charge is 2.37. The van der Waals surface area contributed by atoms with Gasteiger partial charge in [-0.25, -0.2) is 8.42 Å². The van der Waals surface area contributed by atoms with Gasteiger partial charge >= 0.3 is 0 Å². The molecule has 1 fully saturated rings. The number of pyridine rings is 1. The standard InChI is InChI=1S/C24H25N3O5S/c28-15-22-24(32-16-23(29)27(22)14-19-7-4-12-25-13-19)20-8-10-21(11-9-20)26-33(30,31)17-18-5-2-1-3-6-18/h1-13,22,24,26,28H,14-17H2. The third-order valence-corrected chi connectivity index (χ3v) is 6.69. The van der Waals surface area contributed by atoms with Crippen molar-refractivity contribution in [2.75, 3.05) is 17.9 Å². The maximum absolute atomic E-state index is 12.5. The van der Waals surface area contributed by atoms with Crippen LogP contribution in [0.5, 0.6) is 0 Å². The van der Waals surface area contributed by atoms with Crippen LogP contribution in [0.2, 0.25) is 0 Å². The van der Waals surface area contributed by atoms with Crippen molar-refractivity contribution >= 4 is 21.6 Å². The summed E-state index contributed by atoms with van der Waals surface area (Å²) in [6.45, 7) is -0.0653. The largest absolute Gasteiger partial charge is 0.394 e. The molecule has 0 saturated carbocycles. The van der Waals surface area contributed by atoms with Gasteiger partial charge in [0.1, 0.15) is 12.7 Å². The van der Waals surface area contributed by atoms with Gasteiger partial charge < -0.3 is 14.7 Å². The fraction of sp³-hybridized carbons (Fsp3) is 0.250. The summed E-state index contributed by atoms with van der Waals surface area (Å²) >= 11 is 0. The number of aliphatic hydroxyl groups is 1. The number of carbonyl (C=O) groups excluding carboxylic acids is 1. The van der Waals surface area contributed by atoms with E-state index in [-0.39, 0.29) is 24.9 Å². The summed E-state index contributed by atoms with van der Waals surface area (Å²) in [6.07, 6.45) is 2.80. The Morgan fingerprint density at radius 3 is 2.42 bits per heavy atom. The molecule has 0 bridgehead atoms. The van der Waals surface area contributed by atoms with Crippen molar-refractivity contribution in [2.45, 2.75) is 24.4 Å². The smallest absolute Gasteiger partial charge is 0.249 e. The molecule has 4 rings (SSSR count). The molecule has 9 heteroatoms. The molecule has 2 aromatic carbocycles. The lowest BCUT2D eigenvalue weighted by Gasteiger charge is -2.40. The summed E-state index contributed by atoms with van der Waals surface area (Å²) in [5, 5.41) is 10.1. The second-order valence-corrected chi connectivity index (χ2v) is 9.56. The maximum Gasteiger partial charge on any atom is 0.249 e. The van der Waals surface area contributed by atoms with E-state index >= 15 is 0 Å². The van der Waals surface area contributed by atoms with Gasteiger partial charge in [-0.15, -0.1) is 0 Å². The normalized spacial score (nSPS) is 18.8. The van der Waals surface area contributed by atoms with Crippen LogP contribution in [0.3, 0.4) is 0 Å². The lowest BCUT2D eigenvalue weighted by atomic mass is 9.98. The molecule has 33 heavy (non-hydrogen) atoms. The predicted octanol–water partition coefficient (Wildman–Crippen LogP) is 2.48. The van der Waals surface area contributed by atoms with Crippen LogP contribution in [0.1, 0.15) is 22.8 Å². The molecule has 2 heterocycles. The number of rotatable bonds is 8. The number of nitrogens with zero attached hydrogens (tertiary/aromatic N) is 2. The number of morpholine rings is 1. The molecular formula is C24H25N3O5S. The number of aromatic nitrogens is 1. The molecule has 2 N–H and O–H groups in total. The molecule has 1 saturated heterocycles. The van der Waals surface area contributed by atoms with Gasteiger partial charge in [-0.3, -0.25) is 14.5 Å². The van der Waals surface area contributed by atoms with Crippen LogP contribution < -0.4 is 4.72 Å². The highest BCUT2D eigenvalue weighted by Crippen LogP contribution is 2.31. The SMILES string of the molecule is O=C1COC(c2ccc(NS(=O)(=O)Cc3ccccc3)cc2)C(CO)N1Cc1cccnc1. The monoisotopic (exact) mass is 467 g/mol. The number of benzene rings is 2. The third kappa shape index (κ3) is 5.75. The predicted molar refractivity (Wildman–Crippen MR) is 123 cm³/mol. The van der Waals surface area contributed by atoms with Crippen molar-refractivity contribution < 1.29 is 23.1 Å². The van der Waals surface area contributed by atoms with E-state index in [1.165, 1.54) is 0 Å². The summed E-state index contributed by atoms with van der Waals surface area (Å²) in [7, 11) is -3.57. The Hall–Kier alpha value is -3.27. The molecule has 1 amide bonds. The summed E-state index contributed by atoms with van der Waals surface area (Å²) in [6, 6.07) is 18.8. The number of hydrogen-bond acceptors (Lipinski definition) is 6. The minimum Gasteiger partial charge on any atom is -0.394 e. The molecule has 0 aliphatic carbocycles. The molecule has 8 nitrogen and oxygen atoms in total. The van der Waals surface area contributed by atoms with Crippen molar-refractivity contribution in [1.82, 2.24) is 9.88 Å². The molecule has 0 spiro atoms. The van der Waals surface area contributed by atoms with E-state index in [9.17, 15) is 18.3 Å². The average Bonchev–Trinajstić information content (AvgIpc) is 2.81. The first kappa shape index (κ1) is 22.9. The van der Waals surface area contributed by atoms with Crippen LogP contribution in [-0.4, -0.2) is 48.6 Å². The van der Waals surface area contributed by atoms with Gasteiger partial charge in [0.05, 0.1) is 18.4 Å². The fourth-order valence-corrected chi connectivity index (χ4v) is 5.06. The lowest BCUT2D eigenvalue weighted by Crippen LogP contribution is -2.52. The molecule has 0 radical (unpaired) electrons. The van der Waals surface area contributed by atoms with Gasteiger partial charge in [0.2, 0.25) is 15.9 Å². The zero-order valence-electron chi connectivity index (χ0n) is 17.9. The lowest BCUT2D eigenvalue weighted by molar-refractivity contribution is -0.162. The Bertz CT molecular complexity index is 1170. The molecule has 172 valence electrons. The second-order valence-electron chi connectivity index (χ2n) is 7.83. The fourth-order valence-electron chi connectivity index (χ4n) is 3.86. The Morgan fingerprint density at radius 2 is 1.76 bits per heavy atom. The van der Waals surface area contributed by atoms with Crippen LogP contribution in [0.15, 0.2) is 79.1 Å². The highest BCUT2D eigenvalue weighted by atomic mass is 32.2. The van der Waals surface area contributed by atoms with E-state index in [4.69, 9.17) is 4.74 Å². The summed E-state index contributed by atoms with van der Waals surface area (Å²) < 4.78 is 33.3. The maximum atomic E-state index is 12.5. The van der Waals surface area contributed by atoms with Crippen molar-refractivity contribution in [3.05, 3.63) is 95.8 Å². The minimum atomic E-state index is -3.57. The van der Waals surface area contributed by atoms with E-state index in [0.717, 1.165) is 11.1 Å². The van der Waals surface area contributed by atoms with E-state index in [0.29, 0.717) is 17.8 Å². The Kier molecular flexibility index (Phi) is 7.02. The number of anilines is 1. The molecule has 2 atom stereocenters. The van der Waals surface area contributed by atoms with Crippen molar-refractivity contribution in [3.63, 3.8) is 0 Å². The minimum absolute atomic E-state index is 0.104. The van der Waals surface area contributed by atoms with Gasteiger partial charge in [-0.2, -0.15) is 0 Å². The van der Waals surface area contributed by atoms with E-state index in [1.807, 2.05) is 12.1 Å². The number of hydrogen-bond donors (Lipinski definition) is 2. The summed E-state index contributed by atoms with van der Waals surface area (Å²) in [5.74, 6) is -0.335. The number of carbonyl (C=O) groups is 1. The topological polar surface area (TPSA) is 109 Å². The van der Waals surface area contributed by atoms with Crippen molar-refractivity contribution in [2.24, 2.45) is 0 Å². The number of ether oxygens (including phenoxy) is 1. The Labute approximate surface area is 192 Å². The number of aliphatic hydroxyl groups excluding tert-OH is 1. The van der Waals surface area contributed by atoms with Crippen LogP contribution in [0, 0.1) is 0 Å². The molecule has 1 aliphatic heterocycles. The first-order valence-corrected chi connectivity index (χ1v) is 12.2. The molecule has 1 aliphatic rings.